The zero-order valence-corrected chi connectivity index (χ0v) is 5.29. The van der Waals surface area contributed by atoms with E-state index in [0.717, 1.165) is 6.92 Å². The largest absolute Gasteiger partial charge is 0.545 e. The minimum absolute atomic E-state index is 0.518. The summed E-state index contributed by atoms with van der Waals surface area (Å²) in [4.78, 5) is 30.1. The second-order valence-electron chi connectivity index (χ2n) is 1.57. The van der Waals surface area contributed by atoms with Gasteiger partial charge in [0.1, 0.15) is 0 Å². The Kier molecular flexibility index (Phi) is 3.04. The Morgan fingerprint density at radius 1 is 1.20 bits per heavy atom. The topological polar surface area (TPSA) is 74.3 Å². The molecule has 0 amide bonds. The molecule has 0 N–H and O–H groups in total. The van der Waals surface area contributed by atoms with E-state index in [-0.39, 0.29) is 0 Å². The Morgan fingerprint density at radius 2 is 1.70 bits per heavy atom. The molecule has 0 fully saturated rings. The molecule has 0 aliphatic carbocycles. The smallest absolute Gasteiger partial charge is 0.221 e. The zero-order valence-electron chi connectivity index (χ0n) is 5.29. The van der Waals surface area contributed by atoms with Gasteiger partial charge in [0, 0.05) is 6.92 Å². The van der Waals surface area contributed by atoms with Crippen LogP contribution in [0.4, 0.5) is 0 Å². The molecular formula is C6H5O4-. The van der Waals surface area contributed by atoms with Crippen molar-refractivity contribution in [1.29, 1.82) is 0 Å². The lowest BCUT2D eigenvalue weighted by molar-refractivity contribution is -0.297. The van der Waals surface area contributed by atoms with Crippen molar-refractivity contribution in [2.45, 2.75) is 6.92 Å². The summed E-state index contributed by atoms with van der Waals surface area (Å²) in [5.41, 5.74) is 0. The average molecular weight is 141 g/mol. The molecule has 0 rings (SSSR count). The molecule has 0 aromatic carbocycles. The molecule has 0 aromatic rings. The lowest BCUT2D eigenvalue weighted by Crippen LogP contribution is -2.19. The van der Waals surface area contributed by atoms with Crippen molar-refractivity contribution in [3.63, 3.8) is 0 Å². The first-order chi connectivity index (χ1) is 4.54. The van der Waals surface area contributed by atoms with Gasteiger partial charge in [0.25, 0.3) is 0 Å². The third-order valence-corrected chi connectivity index (χ3v) is 0.718. The number of carbonyl (C=O) groups is 3. The van der Waals surface area contributed by atoms with Crippen molar-refractivity contribution in [3.05, 3.63) is 12.2 Å². The predicted octanol–water partition coefficient (Wildman–Crippen LogP) is -1.55. The van der Waals surface area contributed by atoms with Crippen molar-refractivity contribution in [2.24, 2.45) is 0 Å². The molecule has 10 heavy (non-hydrogen) atoms. The molecule has 0 aliphatic rings. The molecule has 0 heterocycles. The van der Waals surface area contributed by atoms with E-state index in [0.29, 0.717) is 12.2 Å². The number of Topliss-reactive ketones (excluding diaryl/α,β-unsaturated/α-hetero) is 1. The van der Waals surface area contributed by atoms with Gasteiger partial charge >= 0.3 is 0 Å². The third-order valence-electron chi connectivity index (χ3n) is 0.718. The Bertz CT molecular complexity index is 202. The van der Waals surface area contributed by atoms with Crippen LogP contribution in [0.2, 0.25) is 0 Å². The molecule has 4 nitrogen and oxygen atoms in total. The molecule has 0 saturated heterocycles. The number of allylic oxidation sites excluding steroid dienone is 1. The number of aliphatic carboxylic acids is 1. The van der Waals surface area contributed by atoms with Gasteiger partial charge in [-0.1, -0.05) is 0 Å². The van der Waals surface area contributed by atoms with Gasteiger partial charge in [-0.25, -0.2) is 0 Å². The highest BCUT2D eigenvalue weighted by Gasteiger charge is 2.00. The molecule has 0 spiro atoms. The maximum absolute atomic E-state index is 10.3. The highest BCUT2D eigenvalue weighted by molar-refractivity contribution is 6.41. The molecule has 0 saturated carbocycles. The maximum atomic E-state index is 10.3. The van der Waals surface area contributed by atoms with E-state index in [1.165, 1.54) is 0 Å². The summed E-state index contributed by atoms with van der Waals surface area (Å²) in [6.45, 7) is 1.06. The van der Waals surface area contributed by atoms with Gasteiger partial charge in [-0.15, -0.1) is 0 Å². The van der Waals surface area contributed by atoms with Gasteiger partial charge < -0.3 is 9.90 Å². The van der Waals surface area contributed by atoms with Crippen LogP contribution in [0, 0.1) is 0 Å². The minimum Gasteiger partial charge on any atom is -0.545 e. The number of carboxylic acids is 1. The van der Waals surface area contributed by atoms with Gasteiger partial charge in [-0.3, -0.25) is 9.59 Å². The van der Waals surface area contributed by atoms with Crippen LogP contribution < -0.4 is 5.11 Å². The van der Waals surface area contributed by atoms with Crippen molar-refractivity contribution in [2.75, 3.05) is 0 Å². The van der Waals surface area contributed by atoms with Crippen LogP contribution in [0.15, 0.2) is 12.2 Å². The summed E-state index contributed by atoms with van der Waals surface area (Å²) in [5.74, 6) is -3.03. The van der Waals surface area contributed by atoms with Crippen LogP contribution >= 0.6 is 0 Å². The van der Waals surface area contributed by atoms with E-state index >= 15 is 0 Å². The van der Waals surface area contributed by atoms with Crippen LogP contribution in [-0.4, -0.2) is 17.5 Å². The number of hydrogen-bond acceptors (Lipinski definition) is 4. The highest BCUT2D eigenvalue weighted by Crippen LogP contribution is 1.77. The van der Waals surface area contributed by atoms with Gasteiger partial charge in [0.15, 0.2) is 5.78 Å². The molecule has 54 valence electrons. The van der Waals surface area contributed by atoms with E-state index in [2.05, 4.69) is 0 Å². The van der Waals surface area contributed by atoms with Crippen LogP contribution in [0.5, 0.6) is 0 Å². The monoisotopic (exact) mass is 141 g/mol. The maximum Gasteiger partial charge on any atom is 0.221 e. The third kappa shape index (κ3) is 3.54. The fourth-order valence-corrected chi connectivity index (χ4v) is 0.261. The van der Waals surface area contributed by atoms with Crippen LogP contribution in [0.25, 0.3) is 0 Å². The first kappa shape index (κ1) is 8.55. The van der Waals surface area contributed by atoms with E-state index in [1.807, 2.05) is 0 Å². The number of hydrogen-bond donors (Lipinski definition) is 0. The van der Waals surface area contributed by atoms with Crippen LogP contribution in [-0.2, 0) is 14.4 Å². The van der Waals surface area contributed by atoms with E-state index in [4.69, 9.17) is 0 Å². The summed E-state index contributed by atoms with van der Waals surface area (Å²) < 4.78 is 0. The summed E-state index contributed by atoms with van der Waals surface area (Å²) in [7, 11) is 0. The van der Waals surface area contributed by atoms with Crippen molar-refractivity contribution >= 4 is 17.5 Å². The first-order valence-electron chi connectivity index (χ1n) is 2.48. The molecule has 0 bridgehead atoms. The van der Waals surface area contributed by atoms with Crippen LogP contribution in [0.3, 0.4) is 0 Å². The van der Waals surface area contributed by atoms with Crippen molar-refractivity contribution in [1.82, 2.24) is 0 Å². The quantitative estimate of drug-likeness (QED) is 0.352. The minimum atomic E-state index is -1.49. The number of rotatable bonds is 3. The summed E-state index contributed by atoms with van der Waals surface area (Å²) >= 11 is 0. The van der Waals surface area contributed by atoms with Crippen molar-refractivity contribution < 1.29 is 19.5 Å². The molecule has 4 heteroatoms. The van der Waals surface area contributed by atoms with Crippen molar-refractivity contribution in [3.8, 4) is 0 Å². The second kappa shape index (κ2) is 3.55. The second-order valence-corrected chi connectivity index (χ2v) is 1.57. The molecule has 0 aromatic heterocycles. The zero-order chi connectivity index (χ0) is 8.15. The van der Waals surface area contributed by atoms with Gasteiger partial charge in [-0.05, 0) is 12.2 Å². The van der Waals surface area contributed by atoms with Gasteiger partial charge in [-0.2, -0.15) is 0 Å². The van der Waals surface area contributed by atoms with E-state index < -0.39 is 17.5 Å². The lowest BCUT2D eigenvalue weighted by atomic mass is 10.3. The average Bonchev–Trinajstić information content (AvgIpc) is 1.82. The Hall–Kier alpha value is -1.45. The lowest BCUT2D eigenvalue weighted by Gasteiger charge is -1.87. The molecule has 0 radical (unpaired) electrons. The molecule has 0 aliphatic heterocycles. The van der Waals surface area contributed by atoms with Gasteiger partial charge in [0.2, 0.25) is 5.78 Å². The normalized spacial score (nSPS) is 9.70. The molecule has 0 atom stereocenters. The Balaban J connectivity index is 4.03. The number of carboxylic acid groups (broad SMARTS) is 1. The summed E-state index contributed by atoms with van der Waals surface area (Å²) in [5, 5.41) is 9.66. The Labute approximate surface area is 57.2 Å². The predicted molar refractivity (Wildman–Crippen MR) is 29.8 cm³/mol. The molecular weight excluding hydrogens is 136 g/mol. The fourth-order valence-electron chi connectivity index (χ4n) is 0.261. The standard InChI is InChI=1S/C6H6O4/c1-4(7)5(8)2-3-6(9)10/h2-3H,1H3,(H,9,10)/p-1/b3-2+. The van der Waals surface area contributed by atoms with Gasteiger partial charge in [0.05, 0.1) is 5.97 Å². The Morgan fingerprint density at radius 3 is 2.00 bits per heavy atom. The summed E-state index contributed by atoms with van der Waals surface area (Å²) in [6.07, 6.45) is 1.18. The van der Waals surface area contributed by atoms with E-state index in [1.54, 1.807) is 0 Å². The number of carbonyl (C=O) groups excluding carboxylic acids is 3. The SMILES string of the molecule is CC(=O)C(=O)/C=C/C(=O)[O-]. The van der Waals surface area contributed by atoms with Crippen LogP contribution in [0.1, 0.15) is 6.92 Å². The first-order valence-corrected chi connectivity index (χ1v) is 2.48. The highest BCUT2D eigenvalue weighted by atomic mass is 16.4. The van der Waals surface area contributed by atoms with E-state index in [9.17, 15) is 19.5 Å². The fraction of sp³-hybridized carbons (Fsp3) is 0.167. The molecule has 0 unspecified atom stereocenters. The summed E-state index contributed by atoms with van der Waals surface area (Å²) in [6, 6.07) is 0. The number of ketones is 2.